The highest BCUT2D eigenvalue weighted by atomic mass is 32.2. The van der Waals surface area contributed by atoms with Crippen LogP contribution in [0.5, 0.6) is 0 Å². The van der Waals surface area contributed by atoms with Crippen molar-refractivity contribution in [2.24, 2.45) is 0 Å². The standard InChI is InChI=1S/C9H11NO4S/c1-15-5-6-2-3-7(14-6)9(13)10-4-8(11)12/h2-3H,4-5H2,1H3,(H,10,13)(H,11,12). The summed E-state index contributed by atoms with van der Waals surface area (Å²) in [4.78, 5) is 21.5. The summed E-state index contributed by atoms with van der Waals surface area (Å²) in [6, 6.07) is 3.23. The molecule has 82 valence electrons. The molecule has 1 heterocycles. The summed E-state index contributed by atoms with van der Waals surface area (Å²) in [5, 5.41) is 10.6. The number of nitrogens with one attached hydrogen (secondary N) is 1. The van der Waals surface area contributed by atoms with Gasteiger partial charge in [0, 0.05) is 0 Å². The van der Waals surface area contributed by atoms with Gasteiger partial charge in [0.05, 0.1) is 5.75 Å². The van der Waals surface area contributed by atoms with E-state index in [0.29, 0.717) is 11.5 Å². The Morgan fingerprint density at radius 2 is 2.27 bits per heavy atom. The van der Waals surface area contributed by atoms with Gasteiger partial charge >= 0.3 is 5.97 Å². The lowest BCUT2D eigenvalue weighted by Gasteiger charge is -1.98. The van der Waals surface area contributed by atoms with Gasteiger partial charge in [-0.05, 0) is 18.4 Å². The number of aliphatic carboxylic acids is 1. The molecule has 15 heavy (non-hydrogen) atoms. The Morgan fingerprint density at radius 3 is 2.87 bits per heavy atom. The van der Waals surface area contributed by atoms with E-state index in [9.17, 15) is 9.59 Å². The zero-order valence-corrected chi connectivity index (χ0v) is 8.97. The molecule has 1 aromatic rings. The minimum absolute atomic E-state index is 0.139. The molecule has 0 saturated heterocycles. The average Bonchev–Trinajstić information content (AvgIpc) is 2.63. The number of furan rings is 1. The Hall–Kier alpha value is -1.43. The lowest BCUT2D eigenvalue weighted by Crippen LogP contribution is -2.28. The second-order valence-corrected chi connectivity index (χ2v) is 3.64. The topological polar surface area (TPSA) is 79.5 Å². The van der Waals surface area contributed by atoms with Crippen molar-refractivity contribution in [1.29, 1.82) is 0 Å². The fourth-order valence-electron chi connectivity index (χ4n) is 0.963. The minimum Gasteiger partial charge on any atom is -0.480 e. The van der Waals surface area contributed by atoms with Gasteiger partial charge in [0.1, 0.15) is 12.3 Å². The van der Waals surface area contributed by atoms with Crippen LogP contribution in [0.4, 0.5) is 0 Å². The summed E-state index contributed by atoms with van der Waals surface area (Å²) in [5.74, 6) is -0.0704. The SMILES string of the molecule is CSCc1ccc(C(=O)NCC(=O)O)o1. The highest BCUT2D eigenvalue weighted by Crippen LogP contribution is 2.13. The summed E-state index contributed by atoms with van der Waals surface area (Å²) in [6.07, 6.45) is 1.92. The molecule has 0 spiro atoms. The van der Waals surface area contributed by atoms with Crippen molar-refractivity contribution in [3.8, 4) is 0 Å². The molecule has 0 saturated carbocycles. The number of hydrogen-bond donors (Lipinski definition) is 2. The number of carboxylic acids is 1. The molecule has 0 radical (unpaired) electrons. The summed E-state index contributed by atoms with van der Waals surface area (Å²) in [5.41, 5.74) is 0. The van der Waals surface area contributed by atoms with E-state index in [0.717, 1.165) is 0 Å². The van der Waals surface area contributed by atoms with Crippen LogP contribution in [0.1, 0.15) is 16.3 Å². The van der Waals surface area contributed by atoms with Crippen LogP contribution in [0, 0.1) is 0 Å². The molecular weight excluding hydrogens is 218 g/mol. The predicted octanol–water partition coefficient (Wildman–Crippen LogP) is 0.957. The first-order valence-corrected chi connectivity index (χ1v) is 5.60. The van der Waals surface area contributed by atoms with E-state index >= 15 is 0 Å². The van der Waals surface area contributed by atoms with Crippen LogP contribution in [0.3, 0.4) is 0 Å². The van der Waals surface area contributed by atoms with E-state index in [-0.39, 0.29) is 5.76 Å². The third-order valence-electron chi connectivity index (χ3n) is 1.57. The molecule has 0 aromatic carbocycles. The van der Waals surface area contributed by atoms with Crippen molar-refractivity contribution in [3.05, 3.63) is 23.7 Å². The van der Waals surface area contributed by atoms with Gasteiger partial charge in [-0.15, -0.1) is 0 Å². The van der Waals surface area contributed by atoms with Crippen LogP contribution in [0.25, 0.3) is 0 Å². The van der Waals surface area contributed by atoms with Crippen LogP contribution in [-0.4, -0.2) is 29.8 Å². The van der Waals surface area contributed by atoms with Gasteiger partial charge in [-0.2, -0.15) is 11.8 Å². The number of carboxylic acid groups (broad SMARTS) is 1. The smallest absolute Gasteiger partial charge is 0.322 e. The molecule has 1 rings (SSSR count). The van der Waals surface area contributed by atoms with Gasteiger partial charge in [-0.1, -0.05) is 0 Å². The van der Waals surface area contributed by atoms with E-state index in [1.165, 1.54) is 6.07 Å². The first-order chi connectivity index (χ1) is 7.13. The van der Waals surface area contributed by atoms with E-state index in [1.54, 1.807) is 17.8 Å². The molecule has 0 fully saturated rings. The number of amides is 1. The Kier molecular flexibility index (Phi) is 4.23. The molecule has 0 aliphatic heterocycles. The van der Waals surface area contributed by atoms with Crippen molar-refractivity contribution in [1.82, 2.24) is 5.32 Å². The fourth-order valence-corrected chi connectivity index (χ4v) is 1.40. The van der Waals surface area contributed by atoms with Gasteiger partial charge in [0.2, 0.25) is 0 Å². The molecule has 6 heteroatoms. The number of hydrogen-bond acceptors (Lipinski definition) is 4. The summed E-state index contributed by atoms with van der Waals surface area (Å²) >= 11 is 1.58. The Balaban J connectivity index is 2.54. The summed E-state index contributed by atoms with van der Waals surface area (Å²) in [6.45, 7) is -0.405. The lowest BCUT2D eigenvalue weighted by molar-refractivity contribution is -0.135. The van der Waals surface area contributed by atoms with Gasteiger partial charge in [-0.25, -0.2) is 0 Å². The monoisotopic (exact) mass is 229 g/mol. The average molecular weight is 229 g/mol. The van der Waals surface area contributed by atoms with Gasteiger partial charge in [0.25, 0.3) is 5.91 Å². The maximum absolute atomic E-state index is 11.3. The van der Waals surface area contributed by atoms with Crippen LogP contribution >= 0.6 is 11.8 Å². The van der Waals surface area contributed by atoms with Crippen molar-refractivity contribution in [2.45, 2.75) is 5.75 Å². The molecular formula is C9H11NO4S. The maximum atomic E-state index is 11.3. The maximum Gasteiger partial charge on any atom is 0.322 e. The third kappa shape index (κ3) is 3.67. The van der Waals surface area contributed by atoms with Gasteiger partial charge < -0.3 is 14.8 Å². The number of carbonyl (C=O) groups excluding carboxylic acids is 1. The molecule has 1 aromatic heterocycles. The molecule has 1 amide bonds. The Morgan fingerprint density at radius 1 is 1.53 bits per heavy atom. The fraction of sp³-hybridized carbons (Fsp3) is 0.333. The van der Waals surface area contributed by atoms with Crippen LogP contribution in [0.2, 0.25) is 0 Å². The Labute approximate surface area is 90.8 Å². The zero-order valence-electron chi connectivity index (χ0n) is 8.15. The minimum atomic E-state index is -1.08. The van der Waals surface area contributed by atoms with E-state index in [1.807, 2.05) is 6.26 Å². The van der Waals surface area contributed by atoms with Crippen LogP contribution in [0.15, 0.2) is 16.5 Å². The molecule has 0 aliphatic carbocycles. The largest absolute Gasteiger partial charge is 0.480 e. The second kappa shape index (κ2) is 5.45. The zero-order chi connectivity index (χ0) is 11.3. The van der Waals surface area contributed by atoms with E-state index in [2.05, 4.69) is 5.32 Å². The van der Waals surface area contributed by atoms with Crippen molar-refractivity contribution in [3.63, 3.8) is 0 Å². The van der Waals surface area contributed by atoms with Crippen molar-refractivity contribution in [2.75, 3.05) is 12.8 Å². The molecule has 2 N–H and O–H groups in total. The molecule has 0 unspecified atom stereocenters. The second-order valence-electron chi connectivity index (χ2n) is 2.78. The summed E-state index contributed by atoms with van der Waals surface area (Å²) < 4.78 is 5.19. The highest BCUT2D eigenvalue weighted by Gasteiger charge is 2.11. The molecule has 5 nitrogen and oxygen atoms in total. The van der Waals surface area contributed by atoms with Crippen molar-refractivity contribution >= 4 is 23.6 Å². The lowest BCUT2D eigenvalue weighted by atomic mass is 10.4. The molecule has 0 atom stereocenters. The quantitative estimate of drug-likeness (QED) is 0.786. The molecule has 0 bridgehead atoms. The van der Waals surface area contributed by atoms with Gasteiger partial charge in [-0.3, -0.25) is 9.59 Å². The number of thioether (sulfide) groups is 1. The molecule has 0 aliphatic rings. The van der Waals surface area contributed by atoms with Crippen LogP contribution < -0.4 is 5.32 Å². The van der Waals surface area contributed by atoms with Crippen LogP contribution in [-0.2, 0) is 10.5 Å². The Bertz CT molecular complexity index is 361. The normalized spacial score (nSPS) is 9.93. The summed E-state index contributed by atoms with van der Waals surface area (Å²) in [7, 11) is 0. The number of carbonyl (C=O) groups is 2. The third-order valence-corrected chi connectivity index (χ3v) is 2.15. The first kappa shape index (κ1) is 11.6. The van der Waals surface area contributed by atoms with E-state index in [4.69, 9.17) is 9.52 Å². The van der Waals surface area contributed by atoms with E-state index < -0.39 is 18.4 Å². The predicted molar refractivity (Wildman–Crippen MR) is 55.9 cm³/mol. The van der Waals surface area contributed by atoms with Crippen molar-refractivity contribution < 1.29 is 19.1 Å². The highest BCUT2D eigenvalue weighted by molar-refractivity contribution is 7.97. The first-order valence-electron chi connectivity index (χ1n) is 4.21. The van der Waals surface area contributed by atoms with Gasteiger partial charge in [0.15, 0.2) is 5.76 Å². The number of rotatable bonds is 5.